The van der Waals surface area contributed by atoms with Gasteiger partial charge in [0.1, 0.15) is 11.5 Å². The Morgan fingerprint density at radius 2 is 1.77 bits per heavy atom. The zero-order valence-electron chi connectivity index (χ0n) is 20.5. The smallest absolute Gasteiger partial charge is 0.301 e. The van der Waals surface area contributed by atoms with E-state index in [2.05, 4.69) is 25.8 Å². The van der Waals surface area contributed by atoms with Crippen LogP contribution in [0.1, 0.15) is 54.1 Å². The number of thiazole rings is 1. The van der Waals surface area contributed by atoms with Gasteiger partial charge in [0.05, 0.1) is 29.4 Å². The summed E-state index contributed by atoms with van der Waals surface area (Å²) in [4.78, 5) is 33.5. The van der Waals surface area contributed by atoms with Crippen molar-refractivity contribution in [2.45, 2.75) is 46.1 Å². The number of aromatic nitrogens is 1. The van der Waals surface area contributed by atoms with Crippen molar-refractivity contribution in [1.29, 1.82) is 0 Å². The van der Waals surface area contributed by atoms with E-state index < -0.39 is 17.7 Å². The highest BCUT2D eigenvalue weighted by atomic mass is 35.5. The van der Waals surface area contributed by atoms with Gasteiger partial charge in [0.2, 0.25) is 0 Å². The number of hydrogen-bond donors (Lipinski definition) is 1. The molecule has 1 fully saturated rings. The number of Topliss-reactive ketones (excluding diaryl/α,β-unsaturated/α-hetero) is 1. The summed E-state index contributed by atoms with van der Waals surface area (Å²) < 4.78 is 5.19. The minimum absolute atomic E-state index is 0.00903. The highest BCUT2D eigenvalue weighted by Crippen LogP contribution is 2.44. The lowest BCUT2D eigenvalue weighted by Crippen LogP contribution is -2.29. The first-order valence-electron chi connectivity index (χ1n) is 11.1. The van der Waals surface area contributed by atoms with Crippen molar-refractivity contribution in [2.75, 3.05) is 12.0 Å². The van der Waals surface area contributed by atoms with Gasteiger partial charge >= 0.3 is 5.91 Å². The fourth-order valence-electron chi connectivity index (χ4n) is 4.04. The van der Waals surface area contributed by atoms with Crippen molar-refractivity contribution in [3.63, 3.8) is 0 Å². The predicted molar refractivity (Wildman–Crippen MR) is 140 cm³/mol. The number of methoxy groups -OCH3 is 1. The number of rotatable bonds is 4. The predicted octanol–water partition coefficient (Wildman–Crippen LogP) is 6.35. The number of aryl methyl sites for hydroxylation is 2. The zero-order valence-corrected chi connectivity index (χ0v) is 22.0. The largest absolute Gasteiger partial charge is 0.507 e. The van der Waals surface area contributed by atoms with Crippen LogP contribution >= 0.6 is 22.9 Å². The average molecular weight is 511 g/mol. The number of ketones is 1. The second-order valence-corrected chi connectivity index (χ2v) is 11.1. The number of aliphatic hydroxyl groups excluding tert-OH is 1. The Hall–Kier alpha value is -3.16. The molecule has 0 spiro atoms. The van der Waals surface area contributed by atoms with Crippen LogP contribution in [0.3, 0.4) is 0 Å². The van der Waals surface area contributed by atoms with E-state index in [1.54, 1.807) is 12.1 Å². The van der Waals surface area contributed by atoms with Gasteiger partial charge in [-0.15, -0.1) is 11.3 Å². The zero-order chi connectivity index (χ0) is 25.7. The van der Waals surface area contributed by atoms with Crippen molar-refractivity contribution in [3.05, 3.63) is 80.3 Å². The van der Waals surface area contributed by atoms with Crippen LogP contribution in [0.2, 0.25) is 5.02 Å². The number of carbonyl (C=O) groups excluding carboxylic acids is 2. The molecule has 2 heterocycles. The van der Waals surface area contributed by atoms with Gasteiger partial charge in [-0.05, 0) is 48.6 Å². The first-order chi connectivity index (χ1) is 16.4. The molecule has 1 aliphatic heterocycles. The van der Waals surface area contributed by atoms with Crippen molar-refractivity contribution in [3.8, 4) is 5.75 Å². The van der Waals surface area contributed by atoms with Gasteiger partial charge in [-0.3, -0.25) is 14.5 Å². The molecule has 3 aromatic rings. The van der Waals surface area contributed by atoms with Gasteiger partial charge in [-0.1, -0.05) is 56.6 Å². The molecule has 1 amide bonds. The number of nitrogens with zero attached hydrogens (tertiary/aromatic N) is 2. The average Bonchev–Trinajstić information content (AvgIpc) is 3.27. The van der Waals surface area contributed by atoms with Crippen LogP contribution in [0.5, 0.6) is 5.75 Å². The molecule has 1 aliphatic rings. The van der Waals surface area contributed by atoms with Crippen LogP contribution in [-0.2, 0) is 15.0 Å². The molecule has 35 heavy (non-hydrogen) atoms. The first kappa shape index (κ1) is 24.9. The van der Waals surface area contributed by atoms with Crippen LogP contribution in [-0.4, -0.2) is 28.9 Å². The van der Waals surface area contributed by atoms with Gasteiger partial charge in [0.15, 0.2) is 5.13 Å². The van der Waals surface area contributed by atoms with E-state index in [-0.39, 0.29) is 21.8 Å². The normalized spacial score (nSPS) is 17.8. The van der Waals surface area contributed by atoms with E-state index in [1.165, 1.54) is 29.4 Å². The highest BCUT2D eigenvalue weighted by Gasteiger charge is 2.48. The standard InChI is InChI=1S/C27H27ClN2O4S/c1-14-15(2)35-26(29-14)30-22(16-7-10-18(11-8-16)27(3,4)5)21(24(32)25(30)33)23(31)17-9-12-20(34-6)19(28)13-17/h7-13,22,31H,1-6H3/t22-/m1/s1. The van der Waals surface area contributed by atoms with Crippen molar-refractivity contribution < 1.29 is 19.4 Å². The lowest BCUT2D eigenvalue weighted by atomic mass is 9.85. The minimum atomic E-state index is -0.838. The van der Waals surface area contributed by atoms with E-state index in [0.717, 1.165) is 16.1 Å². The van der Waals surface area contributed by atoms with Crippen LogP contribution < -0.4 is 9.64 Å². The van der Waals surface area contributed by atoms with Crippen LogP contribution in [0, 0.1) is 13.8 Å². The quantitative estimate of drug-likeness (QED) is 0.251. The molecule has 0 bridgehead atoms. The lowest BCUT2D eigenvalue weighted by molar-refractivity contribution is -0.132. The molecule has 1 saturated heterocycles. The van der Waals surface area contributed by atoms with Gasteiger partial charge < -0.3 is 9.84 Å². The first-order valence-corrected chi connectivity index (χ1v) is 12.3. The van der Waals surface area contributed by atoms with Gasteiger partial charge in [0, 0.05) is 10.4 Å². The summed E-state index contributed by atoms with van der Waals surface area (Å²) in [5.41, 5.74) is 2.84. The Bertz CT molecular complexity index is 1330. The summed E-state index contributed by atoms with van der Waals surface area (Å²) in [5, 5.41) is 12.0. The Kier molecular flexibility index (Phi) is 6.51. The van der Waals surface area contributed by atoms with Crippen LogP contribution in [0.15, 0.2) is 48.0 Å². The third kappa shape index (κ3) is 4.46. The number of hydrogen-bond acceptors (Lipinski definition) is 6. The number of anilines is 1. The molecule has 0 saturated carbocycles. The Morgan fingerprint density at radius 3 is 2.29 bits per heavy atom. The molecule has 4 rings (SSSR count). The van der Waals surface area contributed by atoms with Crippen LogP contribution in [0.25, 0.3) is 5.76 Å². The second-order valence-electron chi connectivity index (χ2n) is 9.53. The molecule has 1 aromatic heterocycles. The minimum Gasteiger partial charge on any atom is -0.507 e. The molecule has 2 aromatic carbocycles. The number of aliphatic hydroxyl groups is 1. The summed E-state index contributed by atoms with van der Waals surface area (Å²) in [5.74, 6) is -1.37. The molecule has 0 radical (unpaired) electrons. The Balaban J connectivity index is 1.93. The van der Waals surface area contributed by atoms with Gasteiger partial charge in [-0.2, -0.15) is 0 Å². The summed E-state index contributed by atoms with van der Waals surface area (Å²) in [6.07, 6.45) is 0. The third-order valence-electron chi connectivity index (χ3n) is 6.19. The third-order valence-corrected chi connectivity index (χ3v) is 7.55. The fraction of sp³-hybridized carbons (Fsp3) is 0.296. The maximum Gasteiger partial charge on any atom is 0.301 e. The lowest BCUT2D eigenvalue weighted by Gasteiger charge is -2.25. The number of amides is 1. The number of halogens is 1. The topological polar surface area (TPSA) is 79.7 Å². The Labute approximate surface area is 213 Å². The van der Waals surface area contributed by atoms with Crippen LogP contribution in [0.4, 0.5) is 5.13 Å². The number of ether oxygens (including phenoxy) is 1. The van der Waals surface area contributed by atoms with Crippen molar-refractivity contribution in [1.82, 2.24) is 4.98 Å². The van der Waals surface area contributed by atoms with E-state index in [9.17, 15) is 14.7 Å². The van der Waals surface area contributed by atoms with Crippen molar-refractivity contribution >= 4 is 45.5 Å². The number of benzene rings is 2. The summed E-state index contributed by atoms with van der Waals surface area (Å²) in [7, 11) is 1.49. The molecule has 0 aliphatic carbocycles. The monoisotopic (exact) mass is 510 g/mol. The van der Waals surface area contributed by atoms with E-state index in [4.69, 9.17) is 16.3 Å². The second kappa shape index (κ2) is 9.13. The summed E-state index contributed by atoms with van der Waals surface area (Å²) >= 11 is 7.61. The molecular weight excluding hydrogens is 484 g/mol. The fourth-order valence-corrected chi connectivity index (χ4v) is 5.23. The molecule has 1 N–H and O–H groups in total. The van der Waals surface area contributed by atoms with Gasteiger partial charge in [-0.25, -0.2) is 4.98 Å². The Morgan fingerprint density at radius 1 is 1.11 bits per heavy atom. The van der Waals surface area contributed by atoms with E-state index in [0.29, 0.717) is 22.0 Å². The van der Waals surface area contributed by atoms with E-state index in [1.807, 2.05) is 38.1 Å². The molecule has 6 nitrogen and oxygen atoms in total. The molecule has 0 unspecified atom stereocenters. The van der Waals surface area contributed by atoms with Gasteiger partial charge in [0.25, 0.3) is 5.78 Å². The maximum atomic E-state index is 13.3. The van der Waals surface area contributed by atoms with Crippen molar-refractivity contribution in [2.24, 2.45) is 0 Å². The summed E-state index contributed by atoms with van der Waals surface area (Å²) in [6, 6.07) is 11.6. The SMILES string of the molecule is COc1ccc(C(O)=C2C(=O)C(=O)N(c3nc(C)c(C)s3)[C@@H]2c2ccc(C(C)(C)C)cc2)cc1Cl. The highest BCUT2D eigenvalue weighted by molar-refractivity contribution is 7.16. The molecule has 8 heteroatoms. The number of carbonyl (C=O) groups is 2. The molecule has 182 valence electrons. The summed E-state index contributed by atoms with van der Waals surface area (Å²) in [6.45, 7) is 10.1. The van der Waals surface area contributed by atoms with E-state index >= 15 is 0 Å². The molecule has 1 atom stereocenters. The molecular formula is C27H27ClN2O4S. The maximum absolute atomic E-state index is 13.3.